The molecule has 4 heteroatoms. The van der Waals surface area contributed by atoms with E-state index < -0.39 is 6.10 Å². The van der Waals surface area contributed by atoms with Crippen molar-refractivity contribution in [2.75, 3.05) is 13.1 Å². The van der Waals surface area contributed by atoms with E-state index in [1.165, 1.54) is 11.1 Å². The maximum absolute atomic E-state index is 12.4. The molecule has 1 aromatic carbocycles. The number of nitrogens with one attached hydrogen (secondary N) is 1. The van der Waals surface area contributed by atoms with E-state index in [0.717, 1.165) is 12.8 Å². The molecule has 0 aromatic heterocycles. The molecule has 2 N–H and O–H groups in total. The van der Waals surface area contributed by atoms with Gasteiger partial charge in [-0.3, -0.25) is 0 Å². The van der Waals surface area contributed by atoms with E-state index in [9.17, 15) is 9.90 Å². The zero-order valence-corrected chi connectivity index (χ0v) is 14.1. The molecule has 1 fully saturated rings. The van der Waals surface area contributed by atoms with Gasteiger partial charge in [-0.15, -0.1) is 0 Å². The van der Waals surface area contributed by atoms with E-state index in [0.29, 0.717) is 13.1 Å². The van der Waals surface area contributed by atoms with Crippen molar-refractivity contribution in [3.05, 3.63) is 35.4 Å². The molecule has 0 heterocycles. The Morgan fingerprint density at radius 1 is 1.32 bits per heavy atom. The summed E-state index contributed by atoms with van der Waals surface area (Å²) >= 11 is 0. The minimum absolute atomic E-state index is 0.0724. The Bertz CT molecular complexity index is 522. The van der Waals surface area contributed by atoms with Gasteiger partial charge in [-0.25, -0.2) is 4.79 Å². The third kappa shape index (κ3) is 3.80. The molecule has 0 aliphatic heterocycles. The van der Waals surface area contributed by atoms with Crippen molar-refractivity contribution in [3.63, 3.8) is 0 Å². The molecule has 0 bridgehead atoms. The van der Waals surface area contributed by atoms with Crippen molar-refractivity contribution < 1.29 is 9.90 Å². The summed E-state index contributed by atoms with van der Waals surface area (Å²) in [5.74, 6) is 0. The summed E-state index contributed by atoms with van der Waals surface area (Å²) in [5, 5.41) is 12.6. The van der Waals surface area contributed by atoms with Gasteiger partial charge in [-0.05, 0) is 51.7 Å². The second-order valence-electron chi connectivity index (χ2n) is 6.85. The predicted octanol–water partition coefficient (Wildman–Crippen LogP) is 2.83. The summed E-state index contributed by atoms with van der Waals surface area (Å²) in [7, 11) is 0. The van der Waals surface area contributed by atoms with Gasteiger partial charge in [0, 0.05) is 24.5 Å². The Labute approximate surface area is 133 Å². The molecular formula is C18H28N2O2. The number of carbonyl (C=O) groups excluding carboxylic acids is 1. The average Bonchev–Trinajstić information content (AvgIpc) is 3.23. The highest BCUT2D eigenvalue weighted by atomic mass is 16.3. The van der Waals surface area contributed by atoms with E-state index in [2.05, 4.69) is 36.5 Å². The quantitative estimate of drug-likeness (QED) is 0.849. The third-order valence-corrected chi connectivity index (χ3v) is 4.49. The van der Waals surface area contributed by atoms with Crippen LogP contribution < -0.4 is 5.32 Å². The summed E-state index contributed by atoms with van der Waals surface area (Å²) in [5.41, 5.74) is 2.75. The highest BCUT2D eigenvalue weighted by Gasteiger charge is 2.45. The largest absolute Gasteiger partial charge is 0.392 e. The number of aliphatic hydroxyl groups excluding tert-OH is 1. The van der Waals surface area contributed by atoms with Crippen LogP contribution in [0, 0.1) is 6.92 Å². The molecule has 2 rings (SSSR count). The number of nitrogens with zero attached hydrogens (tertiary/aromatic N) is 1. The third-order valence-electron chi connectivity index (χ3n) is 4.49. The van der Waals surface area contributed by atoms with Crippen LogP contribution in [-0.4, -0.2) is 41.3 Å². The van der Waals surface area contributed by atoms with Crippen LogP contribution in [0.4, 0.5) is 4.79 Å². The molecule has 2 amide bonds. The zero-order chi connectivity index (χ0) is 16.3. The maximum Gasteiger partial charge on any atom is 0.317 e. The van der Waals surface area contributed by atoms with E-state index in [-0.39, 0.29) is 17.5 Å². The summed E-state index contributed by atoms with van der Waals surface area (Å²) < 4.78 is 0. The average molecular weight is 304 g/mol. The Morgan fingerprint density at radius 3 is 2.45 bits per heavy atom. The van der Waals surface area contributed by atoms with Gasteiger partial charge in [0.1, 0.15) is 0 Å². The van der Waals surface area contributed by atoms with Crippen LogP contribution in [0.2, 0.25) is 0 Å². The lowest BCUT2D eigenvalue weighted by molar-refractivity contribution is 0.118. The highest BCUT2D eigenvalue weighted by Crippen LogP contribution is 2.48. The highest BCUT2D eigenvalue weighted by molar-refractivity contribution is 5.74. The first-order chi connectivity index (χ1) is 10.4. The molecule has 0 radical (unpaired) electrons. The summed E-state index contributed by atoms with van der Waals surface area (Å²) in [6, 6.07) is 8.41. The molecule has 22 heavy (non-hydrogen) atoms. The first-order valence-corrected chi connectivity index (χ1v) is 8.14. The minimum atomic E-state index is -0.514. The summed E-state index contributed by atoms with van der Waals surface area (Å²) in [6.45, 7) is 8.80. The number of benzene rings is 1. The van der Waals surface area contributed by atoms with Crippen LogP contribution in [0.1, 0.15) is 44.7 Å². The predicted molar refractivity (Wildman–Crippen MR) is 89.0 cm³/mol. The lowest BCUT2D eigenvalue weighted by atomic mass is 9.92. The molecule has 1 aliphatic rings. The van der Waals surface area contributed by atoms with Crippen LogP contribution in [-0.2, 0) is 5.41 Å². The van der Waals surface area contributed by atoms with Gasteiger partial charge in [0.2, 0.25) is 0 Å². The molecule has 1 atom stereocenters. The Morgan fingerprint density at radius 2 is 1.95 bits per heavy atom. The van der Waals surface area contributed by atoms with Gasteiger partial charge in [-0.2, -0.15) is 0 Å². The molecule has 122 valence electrons. The fourth-order valence-corrected chi connectivity index (χ4v) is 3.02. The monoisotopic (exact) mass is 304 g/mol. The van der Waals surface area contributed by atoms with Crippen molar-refractivity contribution in [2.45, 2.75) is 58.1 Å². The number of amides is 2. The second-order valence-corrected chi connectivity index (χ2v) is 6.85. The fraction of sp³-hybridized carbons (Fsp3) is 0.611. The van der Waals surface area contributed by atoms with Gasteiger partial charge < -0.3 is 15.3 Å². The fourth-order valence-electron chi connectivity index (χ4n) is 3.02. The topological polar surface area (TPSA) is 52.6 Å². The summed E-state index contributed by atoms with van der Waals surface area (Å²) in [4.78, 5) is 14.1. The smallest absolute Gasteiger partial charge is 0.317 e. The maximum atomic E-state index is 12.4. The first kappa shape index (κ1) is 16.8. The van der Waals surface area contributed by atoms with E-state index >= 15 is 0 Å². The van der Waals surface area contributed by atoms with Crippen LogP contribution in [0.5, 0.6) is 0 Å². The van der Waals surface area contributed by atoms with Crippen LogP contribution >= 0.6 is 0 Å². The molecule has 1 aliphatic carbocycles. The molecule has 0 spiro atoms. The van der Waals surface area contributed by atoms with Crippen LogP contribution in [0.15, 0.2) is 24.3 Å². The number of hydrogen-bond acceptors (Lipinski definition) is 2. The van der Waals surface area contributed by atoms with E-state index in [1.54, 1.807) is 11.8 Å². The Kier molecular flexibility index (Phi) is 5.12. The van der Waals surface area contributed by atoms with Crippen LogP contribution in [0.3, 0.4) is 0 Å². The molecule has 1 unspecified atom stereocenters. The van der Waals surface area contributed by atoms with E-state index in [4.69, 9.17) is 0 Å². The minimum Gasteiger partial charge on any atom is -0.392 e. The van der Waals surface area contributed by atoms with Crippen LogP contribution in [0.25, 0.3) is 0 Å². The molecule has 1 saturated carbocycles. The van der Waals surface area contributed by atoms with E-state index in [1.807, 2.05) is 13.8 Å². The molecular weight excluding hydrogens is 276 g/mol. The number of hydrogen-bond donors (Lipinski definition) is 2. The number of carbonyl (C=O) groups is 1. The van der Waals surface area contributed by atoms with Gasteiger partial charge in [0.15, 0.2) is 0 Å². The lowest BCUT2D eigenvalue weighted by Crippen LogP contribution is -2.48. The van der Waals surface area contributed by atoms with Crippen molar-refractivity contribution in [1.82, 2.24) is 10.2 Å². The normalized spacial score (nSPS) is 17.2. The standard InChI is InChI=1S/C18H28N2O2/c1-13(2)20(11-15(4)21)17(22)19-12-18(9-10-18)16-8-6-5-7-14(16)3/h5-8,13,15,21H,9-12H2,1-4H3,(H,19,22). The van der Waals surface area contributed by atoms with Gasteiger partial charge in [0.05, 0.1) is 6.10 Å². The van der Waals surface area contributed by atoms with Crippen molar-refractivity contribution >= 4 is 6.03 Å². The van der Waals surface area contributed by atoms with Gasteiger partial charge in [-0.1, -0.05) is 24.3 Å². The van der Waals surface area contributed by atoms with Gasteiger partial charge in [0.25, 0.3) is 0 Å². The molecule has 0 saturated heterocycles. The number of aliphatic hydroxyl groups is 1. The van der Waals surface area contributed by atoms with Gasteiger partial charge >= 0.3 is 6.03 Å². The SMILES string of the molecule is Cc1ccccc1C1(CNC(=O)N(CC(C)O)C(C)C)CC1. The summed E-state index contributed by atoms with van der Waals surface area (Å²) in [6.07, 6.45) is 1.73. The number of rotatable bonds is 6. The first-order valence-electron chi connectivity index (χ1n) is 8.14. The Hall–Kier alpha value is -1.55. The number of aryl methyl sites for hydroxylation is 1. The van der Waals surface area contributed by atoms with Crippen molar-refractivity contribution in [3.8, 4) is 0 Å². The number of urea groups is 1. The van der Waals surface area contributed by atoms with Crippen molar-refractivity contribution in [2.24, 2.45) is 0 Å². The van der Waals surface area contributed by atoms with Crippen molar-refractivity contribution in [1.29, 1.82) is 0 Å². The zero-order valence-electron chi connectivity index (χ0n) is 14.1. The molecule has 1 aromatic rings. The Balaban J connectivity index is 2.00. The lowest BCUT2D eigenvalue weighted by Gasteiger charge is -2.29. The second kappa shape index (κ2) is 6.69. The molecule has 4 nitrogen and oxygen atoms in total.